The number of nitrogens with one attached hydrogen (secondary N) is 1. The highest BCUT2D eigenvalue weighted by molar-refractivity contribution is 5.85. The van der Waals surface area contributed by atoms with Gasteiger partial charge in [0.05, 0.1) is 0 Å². The molecule has 1 aromatic heterocycles. The number of aryl methyl sites for hydroxylation is 1. The van der Waals surface area contributed by atoms with Gasteiger partial charge in [-0.25, -0.2) is 0 Å². The van der Waals surface area contributed by atoms with Crippen LogP contribution in [-0.2, 0) is 6.42 Å². The van der Waals surface area contributed by atoms with Crippen LogP contribution in [0.15, 0.2) is 30.5 Å². The Morgan fingerprint density at radius 3 is 2.76 bits per heavy atom. The van der Waals surface area contributed by atoms with Crippen molar-refractivity contribution in [3.63, 3.8) is 0 Å². The van der Waals surface area contributed by atoms with Crippen molar-refractivity contribution in [1.29, 1.82) is 0 Å². The van der Waals surface area contributed by atoms with Crippen molar-refractivity contribution in [1.82, 2.24) is 15.2 Å². The van der Waals surface area contributed by atoms with Gasteiger partial charge in [-0.3, -0.25) is 4.98 Å². The minimum Gasteiger partial charge on any atom is -0.488 e. The maximum Gasteiger partial charge on any atom is 0.146 e. The van der Waals surface area contributed by atoms with E-state index in [1.54, 1.807) is 0 Å². The molecule has 158 valence electrons. The first-order chi connectivity index (χ1) is 14.3. The molecule has 0 radical (unpaired) electrons. The molecule has 0 spiro atoms. The van der Waals surface area contributed by atoms with Gasteiger partial charge in [0, 0.05) is 24.7 Å². The van der Waals surface area contributed by atoms with Crippen LogP contribution >= 0.6 is 0 Å². The van der Waals surface area contributed by atoms with Gasteiger partial charge in [-0.15, -0.1) is 0 Å². The number of aromatic nitrogens is 1. The average molecular weight is 396 g/mol. The number of hydrogen-bond acceptors (Lipinski definition) is 4. The molecule has 29 heavy (non-hydrogen) atoms. The number of likely N-dealkylation sites (tertiary alicyclic amines) is 1. The van der Waals surface area contributed by atoms with Crippen LogP contribution in [0.2, 0.25) is 0 Å². The molecule has 0 bridgehead atoms. The van der Waals surface area contributed by atoms with Gasteiger partial charge >= 0.3 is 0 Å². The molecule has 2 saturated heterocycles. The fraction of sp³-hybridized carbons (Fsp3) is 0.640. The van der Waals surface area contributed by atoms with E-state index in [2.05, 4.69) is 40.3 Å². The molecule has 2 aromatic rings. The highest BCUT2D eigenvalue weighted by atomic mass is 16.5. The molecule has 2 aliphatic rings. The minimum atomic E-state index is 0.316. The molecular weight excluding hydrogens is 358 g/mol. The van der Waals surface area contributed by atoms with Crippen molar-refractivity contribution in [2.24, 2.45) is 5.92 Å². The van der Waals surface area contributed by atoms with E-state index in [0.717, 1.165) is 49.5 Å². The van der Waals surface area contributed by atoms with Crippen LogP contribution in [0.4, 0.5) is 0 Å². The molecule has 4 heteroatoms. The van der Waals surface area contributed by atoms with Crippen LogP contribution in [0.3, 0.4) is 0 Å². The predicted molar refractivity (Wildman–Crippen MR) is 121 cm³/mol. The summed E-state index contributed by atoms with van der Waals surface area (Å²) in [6.45, 7) is 8.25. The van der Waals surface area contributed by atoms with E-state index in [-0.39, 0.29) is 0 Å². The molecule has 0 atom stereocenters. The Morgan fingerprint density at radius 1 is 1.14 bits per heavy atom. The van der Waals surface area contributed by atoms with E-state index in [4.69, 9.17) is 4.74 Å². The van der Waals surface area contributed by atoms with E-state index < -0.39 is 0 Å². The molecule has 3 heterocycles. The minimum absolute atomic E-state index is 0.316. The fourth-order valence-electron chi connectivity index (χ4n) is 4.80. The summed E-state index contributed by atoms with van der Waals surface area (Å²) in [6, 6.07) is 8.72. The van der Waals surface area contributed by atoms with E-state index in [1.165, 1.54) is 62.7 Å². The van der Waals surface area contributed by atoms with Gasteiger partial charge in [-0.2, -0.15) is 0 Å². The second kappa shape index (κ2) is 10.4. The zero-order valence-corrected chi connectivity index (χ0v) is 18.0. The van der Waals surface area contributed by atoms with E-state index in [0.29, 0.717) is 6.10 Å². The summed E-state index contributed by atoms with van der Waals surface area (Å²) < 4.78 is 6.53. The molecule has 0 saturated carbocycles. The molecule has 1 aromatic carbocycles. The third kappa shape index (κ3) is 5.70. The summed E-state index contributed by atoms with van der Waals surface area (Å²) >= 11 is 0. The normalized spacial score (nSPS) is 19.6. The number of hydrogen-bond donors (Lipinski definition) is 1. The summed E-state index contributed by atoms with van der Waals surface area (Å²) in [5.74, 6) is 1.91. The maximum absolute atomic E-state index is 6.53. The summed E-state index contributed by atoms with van der Waals surface area (Å²) in [4.78, 5) is 7.27. The van der Waals surface area contributed by atoms with E-state index >= 15 is 0 Å². The number of benzene rings is 1. The van der Waals surface area contributed by atoms with Crippen LogP contribution in [0, 0.1) is 5.92 Å². The van der Waals surface area contributed by atoms with Crippen molar-refractivity contribution < 1.29 is 4.74 Å². The van der Waals surface area contributed by atoms with Crippen LogP contribution < -0.4 is 10.1 Å². The van der Waals surface area contributed by atoms with Gasteiger partial charge in [0.1, 0.15) is 17.4 Å². The Morgan fingerprint density at radius 2 is 1.97 bits per heavy atom. The molecule has 4 rings (SSSR count). The summed E-state index contributed by atoms with van der Waals surface area (Å²) in [7, 11) is 0. The lowest BCUT2D eigenvalue weighted by Gasteiger charge is -2.33. The molecule has 2 aliphatic heterocycles. The number of unbranched alkanes of at least 4 members (excludes halogenated alkanes) is 1. The number of ether oxygens (including phenoxy) is 1. The zero-order chi connectivity index (χ0) is 19.9. The smallest absolute Gasteiger partial charge is 0.146 e. The topological polar surface area (TPSA) is 37.4 Å². The first-order valence-electron chi connectivity index (χ1n) is 11.8. The van der Waals surface area contributed by atoms with E-state index in [9.17, 15) is 0 Å². The predicted octanol–water partition coefficient (Wildman–Crippen LogP) is 4.81. The number of piperidine rings is 2. The molecule has 2 fully saturated rings. The monoisotopic (exact) mass is 395 g/mol. The zero-order valence-electron chi connectivity index (χ0n) is 18.0. The summed E-state index contributed by atoms with van der Waals surface area (Å²) in [5, 5.41) is 4.68. The lowest BCUT2D eigenvalue weighted by Crippen LogP contribution is -2.39. The van der Waals surface area contributed by atoms with E-state index in [1.807, 2.05) is 12.3 Å². The van der Waals surface area contributed by atoms with Crippen molar-refractivity contribution in [2.75, 3.05) is 32.7 Å². The molecule has 1 N–H and O–H groups in total. The molecular formula is C25H37N3O. The Labute approximate surface area is 176 Å². The quantitative estimate of drug-likeness (QED) is 0.696. The average Bonchev–Trinajstić information content (AvgIpc) is 2.78. The van der Waals surface area contributed by atoms with Gasteiger partial charge in [-0.05, 0) is 94.3 Å². The molecule has 0 aliphatic carbocycles. The summed E-state index contributed by atoms with van der Waals surface area (Å²) in [5.41, 5.74) is 2.39. The van der Waals surface area contributed by atoms with Gasteiger partial charge < -0.3 is 15.0 Å². The third-order valence-corrected chi connectivity index (χ3v) is 6.69. The Bertz CT molecular complexity index is 764. The van der Waals surface area contributed by atoms with Crippen molar-refractivity contribution in [3.05, 3.63) is 36.0 Å². The van der Waals surface area contributed by atoms with Crippen molar-refractivity contribution in [2.45, 2.75) is 64.4 Å². The molecule has 0 amide bonds. The van der Waals surface area contributed by atoms with Crippen LogP contribution in [0.25, 0.3) is 10.9 Å². The van der Waals surface area contributed by atoms with Gasteiger partial charge in [0.15, 0.2) is 0 Å². The lowest BCUT2D eigenvalue weighted by atomic mass is 9.94. The maximum atomic E-state index is 6.53. The standard InChI is InChI=1S/C25H37N3O/c1-2-3-5-21-18-22-6-4-12-27-25(22)24(19-21)29-23-10-16-28(17-11-23)15-9-20-7-13-26-14-8-20/h4,6,12,18-20,23,26H,2-3,5,7-11,13-17H2,1H3. The number of nitrogens with zero attached hydrogens (tertiary/aromatic N) is 2. The van der Waals surface area contributed by atoms with Crippen molar-refractivity contribution in [3.8, 4) is 5.75 Å². The van der Waals surface area contributed by atoms with Crippen molar-refractivity contribution >= 4 is 10.9 Å². The second-order valence-corrected chi connectivity index (χ2v) is 8.91. The highest BCUT2D eigenvalue weighted by Gasteiger charge is 2.22. The van der Waals surface area contributed by atoms with Crippen LogP contribution in [-0.4, -0.2) is 48.7 Å². The molecule has 0 unspecified atom stereocenters. The number of pyridine rings is 1. The summed E-state index contributed by atoms with van der Waals surface area (Å²) in [6.07, 6.45) is 12.1. The Hall–Kier alpha value is -1.65. The molecule has 4 nitrogen and oxygen atoms in total. The van der Waals surface area contributed by atoms with Gasteiger partial charge in [-0.1, -0.05) is 19.4 Å². The number of fused-ring (bicyclic) bond motifs is 1. The fourth-order valence-corrected chi connectivity index (χ4v) is 4.80. The third-order valence-electron chi connectivity index (χ3n) is 6.69. The first kappa shape index (κ1) is 20.6. The van der Waals surface area contributed by atoms with Gasteiger partial charge in [0.25, 0.3) is 0 Å². The largest absolute Gasteiger partial charge is 0.488 e. The first-order valence-corrected chi connectivity index (χ1v) is 11.8. The van der Waals surface area contributed by atoms with Gasteiger partial charge in [0.2, 0.25) is 0 Å². The second-order valence-electron chi connectivity index (χ2n) is 8.91. The SMILES string of the molecule is CCCCc1cc(OC2CCN(CCC3CCNCC3)CC2)c2ncccc2c1. The Kier molecular flexibility index (Phi) is 7.39. The number of rotatable bonds is 8. The highest BCUT2D eigenvalue weighted by Crippen LogP contribution is 2.29. The lowest BCUT2D eigenvalue weighted by molar-refractivity contribution is 0.0968. The Balaban J connectivity index is 1.33. The van der Waals surface area contributed by atoms with Crippen LogP contribution in [0.5, 0.6) is 5.75 Å². The van der Waals surface area contributed by atoms with Crippen LogP contribution in [0.1, 0.15) is 57.4 Å².